The van der Waals surface area contributed by atoms with Gasteiger partial charge >= 0.3 is 11.6 Å². The fourth-order valence-electron chi connectivity index (χ4n) is 3.67. The maximum Gasteiger partial charge on any atom is 0.347 e. The number of benzene rings is 2. The van der Waals surface area contributed by atoms with Crippen LogP contribution in [0.3, 0.4) is 0 Å². The summed E-state index contributed by atoms with van der Waals surface area (Å²) in [6, 6.07) is 12.6. The van der Waals surface area contributed by atoms with E-state index in [-0.39, 0.29) is 28.1 Å². The van der Waals surface area contributed by atoms with Crippen molar-refractivity contribution >= 4 is 28.3 Å². The average Bonchev–Trinajstić information content (AvgIpc) is 2.78. The van der Waals surface area contributed by atoms with Gasteiger partial charge in [0.15, 0.2) is 0 Å². The molecule has 0 atom stereocenters. The zero-order valence-electron chi connectivity index (χ0n) is 16.7. The van der Waals surface area contributed by atoms with Crippen molar-refractivity contribution in [2.24, 2.45) is 0 Å². The maximum absolute atomic E-state index is 12.8. The van der Waals surface area contributed by atoms with Crippen molar-refractivity contribution in [3.8, 4) is 0 Å². The molecule has 3 aromatic rings. The molecule has 1 aliphatic heterocycles. The van der Waals surface area contributed by atoms with Gasteiger partial charge in [-0.05, 0) is 25.1 Å². The number of nitro groups is 1. The smallest absolute Gasteiger partial charge is 0.347 e. The van der Waals surface area contributed by atoms with Crippen LogP contribution < -0.4 is 14.8 Å². The molecule has 1 fully saturated rings. The fourth-order valence-corrected chi connectivity index (χ4v) is 3.67. The van der Waals surface area contributed by atoms with E-state index in [1.54, 1.807) is 29.3 Å². The minimum atomic E-state index is -0.647. The second-order valence-electron chi connectivity index (χ2n) is 7.20. The van der Waals surface area contributed by atoms with E-state index in [0.29, 0.717) is 35.3 Å². The van der Waals surface area contributed by atoms with Crippen LogP contribution in [-0.2, 0) is 0 Å². The van der Waals surface area contributed by atoms with Crippen LogP contribution in [0.2, 0.25) is 0 Å². The van der Waals surface area contributed by atoms with Crippen molar-refractivity contribution in [3.63, 3.8) is 0 Å². The Morgan fingerprint density at radius 1 is 1.06 bits per heavy atom. The van der Waals surface area contributed by atoms with E-state index in [1.165, 1.54) is 31.2 Å². The Bertz CT molecular complexity index is 1220. The highest BCUT2D eigenvalue weighted by Crippen LogP contribution is 2.20. The molecule has 0 bridgehead atoms. The largest absolute Gasteiger partial charge is 0.805 e. The number of piperazine rings is 1. The van der Waals surface area contributed by atoms with Crippen LogP contribution in [0.1, 0.15) is 16.2 Å². The number of hydrogen-bond acceptors (Lipinski definition) is 7. The number of non-ortho nitro benzene ring substituents is 1. The van der Waals surface area contributed by atoms with Gasteiger partial charge in [-0.1, -0.05) is 12.1 Å². The van der Waals surface area contributed by atoms with E-state index >= 15 is 0 Å². The Hall–Kier alpha value is -3.99. The van der Waals surface area contributed by atoms with Crippen molar-refractivity contribution in [2.45, 2.75) is 6.92 Å². The lowest BCUT2D eigenvalue weighted by atomic mass is 10.2. The fraction of sp³-hybridized carbons (Fsp3) is 0.250. The molecule has 2 aromatic carbocycles. The first-order valence-electron chi connectivity index (χ1n) is 9.66. The Kier molecular flexibility index (Phi) is 5.26. The quantitative estimate of drug-likeness (QED) is 0.382. The topological polar surface area (TPSA) is 130 Å². The van der Waals surface area contributed by atoms with Crippen molar-refractivity contribution < 1.29 is 14.1 Å². The Morgan fingerprint density at radius 3 is 2.35 bits per heavy atom. The number of carbonyl (C=O) groups is 1. The van der Waals surface area contributed by atoms with Gasteiger partial charge in [-0.2, -0.15) is 0 Å². The van der Waals surface area contributed by atoms with Crippen molar-refractivity contribution in [2.75, 3.05) is 31.1 Å². The number of nitrogens with one attached hydrogen (secondary N) is 1. The maximum atomic E-state index is 12.8. The van der Waals surface area contributed by atoms with Gasteiger partial charge in [-0.15, -0.1) is 0 Å². The van der Waals surface area contributed by atoms with Crippen LogP contribution in [0.4, 0.5) is 11.4 Å². The number of aromatic nitrogens is 2. The number of carbonyl (C=O) groups excluding carboxylic acids is 1. The minimum Gasteiger partial charge on any atom is -0.805 e. The molecule has 1 aromatic heterocycles. The lowest BCUT2D eigenvalue weighted by Crippen LogP contribution is -2.54. The molecular formula is C20H20N6O5. The molecule has 0 aliphatic carbocycles. The van der Waals surface area contributed by atoms with Crippen molar-refractivity contribution in [1.29, 1.82) is 0 Å². The second kappa shape index (κ2) is 8.03. The molecule has 11 heteroatoms. The average molecular weight is 424 g/mol. The molecule has 1 amide bonds. The molecule has 11 nitrogen and oxygen atoms in total. The Morgan fingerprint density at radius 2 is 1.71 bits per heavy atom. The van der Waals surface area contributed by atoms with E-state index in [0.717, 1.165) is 5.69 Å². The van der Waals surface area contributed by atoms with Crippen LogP contribution in [0.15, 0.2) is 48.5 Å². The van der Waals surface area contributed by atoms with Gasteiger partial charge in [0.25, 0.3) is 11.2 Å². The molecule has 4 rings (SSSR count). The first-order valence-corrected chi connectivity index (χ1v) is 9.66. The number of anilines is 1. The summed E-state index contributed by atoms with van der Waals surface area (Å²) in [7, 11) is 0. The van der Waals surface area contributed by atoms with E-state index in [4.69, 9.17) is 0 Å². The molecule has 1 saturated heterocycles. The summed E-state index contributed by atoms with van der Waals surface area (Å²) in [5.74, 6) is -0.647. The first-order chi connectivity index (χ1) is 14.9. The number of nitro benzene ring substituents is 1. The number of fused-ring (bicyclic) bond motifs is 1. The van der Waals surface area contributed by atoms with Crippen molar-refractivity contribution in [3.05, 3.63) is 80.1 Å². The standard InChI is InChI=1S/C20H20N6O5/c1-14-19(25(29)18-5-3-2-4-17(18)24(14)28)20(27)21-23-12-10-22(11-13-23)15-6-8-16(9-7-15)26(30)31/h2-9H,10-13H2,1H3,(H,21,27). The predicted octanol–water partition coefficient (Wildman–Crippen LogP) is 1.59. The predicted molar refractivity (Wildman–Crippen MR) is 113 cm³/mol. The minimum absolute atomic E-state index is 0.0238. The molecule has 0 spiro atoms. The molecule has 1 aliphatic rings. The highest BCUT2D eigenvalue weighted by Gasteiger charge is 2.29. The van der Waals surface area contributed by atoms with E-state index in [2.05, 4.69) is 5.43 Å². The molecule has 0 unspecified atom stereocenters. The number of hydrogen-bond donors (Lipinski definition) is 1. The zero-order chi connectivity index (χ0) is 22.1. The van der Waals surface area contributed by atoms with Gasteiger partial charge in [-0.25, -0.2) is 5.01 Å². The molecular weight excluding hydrogens is 404 g/mol. The second-order valence-corrected chi connectivity index (χ2v) is 7.20. The molecule has 160 valence electrons. The summed E-state index contributed by atoms with van der Waals surface area (Å²) >= 11 is 0. The first kappa shape index (κ1) is 20.3. The van der Waals surface area contributed by atoms with E-state index < -0.39 is 10.8 Å². The van der Waals surface area contributed by atoms with Gasteiger partial charge in [0.2, 0.25) is 0 Å². The molecule has 0 radical (unpaired) electrons. The molecule has 0 saturated carbocycles. The summed E-state index contributed by atoms with van der Waals surface area (Å²) in [5.41, 5.74) is 3.69. The van der Waals surface area contributed by atoms with Crippen molar-refractivity contribution in [1.82, 2.24) is 15.2 Å². The van der Waals surface area contributed by atoms with E-state index in [1.807, 2.05) is 4.90 Å². The van der Waals surface area contributed by atoms with Gasteiger partial charge < -0.3 is 14.8 Å². The molecule has 2 heterocycles. The summed E-state index contributed by atoms with van der Waals surface area (Å²) in [6.07, 6.45) is 0. The van der Waals surface area contributed by atoms with Crippen LogP contribution in [0.5, 0.6) is 0 Å². The summed E-state index contributed by atoms with van der Waals surface area (Å²) in [5, 5.41) is 25.0. The Labute approximate surface area is 176 Å². The number of rotatable bonds is 4. The van der Waals surface area contributed by atoms with Crippen LogP contribution in [0, 0.1) is 27.2 Å². The number of hydrazine groups is 1. The molecule has 1 N–H and O–H groups in total. The van der Waals surface area contributed by atoms with Crippen LogP contribution >= 0.6 is 0 Å². The van der Waals surface area contributed by atoms with Crippen LogP contribution in [-0.4, -0.2) is 46.7 Å². The van der Waals surface area contributed by atoms with Gasteiger partial charge in [0, 0.05) is 55.0 Å². The summed E-state index contributed by atoms with van der Waals surface area (Å²) in [6.45, 7) is 3.55. The lowest BCUT2D eigenvalue weighted by molar-refractivity contribution is -0.468. The normalized spacial score (nSPS) is 14.5. The summed E-state index contributed by atoms with van der Waals surface area (Å²) in [4.78, 5) is 37.9. The monoisotopic (exact) mass is 424 g/mol. The number of nitrogens with zero attached hydrogens (tertiary/aromatic N) is 5. The number of amides is 1. The summed E-state index contributed by atoms with van der Waals surface area (Å²) < 4.78 is 1.08. The highest BCUT2D eigenvalue weighted by molar-refractivity contribution is 5.92. The molecule has 31 heavy (non-hydrogen) atoms. The highest BCUT2D eigenvalue weighted by atomic mass is 16.6. The lowest BCUT2D eigenvalue weighted by Gasteiger charge is -2.35. The SMILES string of the molecule is Cc1c(C(=O)NN2CCN(c3ccc([N+](=O)[O-])cc3)CC2)[n+](=O)c2ccccc2n1[O-]. The van der Waals surface area contributed by atoms with E-state index in [9.17, 15) is 25.0 Å². The van der Waals surface area contributed by atoms with Gasteiger partial charge in [-0.3, -0.25) is 20.3 Å². The number of para-hydroxylation sites is 2. The Balaban J connectivity index is 1.46. The third-order valence-corrected chi connectivity index (χ3v) is 5.35. The third kappa shape index (κ3) is 3.78. The third-order valence-electron chi connectivity index (χ3n) is 5.35. The van der Waals surface area contributed by atoms with Gasteiger partial charge in [0.1, 0.15) is 5.52 Å². The van der Waals surface area contributed by atoms with Gasteiger partial charge in [0.05, 0.1) is 15.0 Å². The zero-order valence-corrected chi connectivity index (χ0v) is 16.7. The van der Waals surface area contributed by atoms with Crippen LogP contribution in [0.25, 0.3) is 11.0 Å².